The molecule has 0 spiro atoms. The van der Waals surface area contributed by atoms with Gasteiger partial charge in [0, 0.05) is 18.0 Å². The van der Waals surface area contributed by atoms with Gasteiger partial charge in [-0.25, -0.2) is 0 Å². The minimum absolute atomic E-state index is 0.0768. The van der Waals surface area contributed by atoms with E-state index in [-0.39, 0.29) is 5.91 Å². The summed E-state index contributed by atoms with van der Waals surface area (Å²) in [5.74, 6) is 1.01. The van der Waals surface area contributed by atoms with Crippen molar-refractivity contribution in [1.29, 1.82) is 0 Å². The van der Waals surface area contributed by atoms with E-state index in [2.05, 4.69) is 19.2 Å². The molecule has 0 saturated heterocycles. The second-order valence-electron chi connectivity index (χ2n) is 4.10. The molecular formula is C13H18ClNO. The van der Waals surface area contributed by atoms with Gasteiger partial charge in [-0.2, -0.15) is 0 Å². The second-order valence-corrected chi connectivity index (χ2v) is 4.36. The van der Waals surface area contributed by atoms with Gasteiger partial charge in [0.25, 0.3) is 0 Å². The van der Waals surface area contributed by atoms with Crippen LogP contribution < -0.4 is 5.32 Å². The third-order valence-corrected chi connectivity index (χ3v) is 2.93. The lowest BCUT2D eigenvalue weighted by atomic mass is 10.1. The van der Waals surface area contributed by atoms with E-state index in [1.165, 1.54) is 0 Å². The quantitative estimate of drug-likeness (QED) is 0.778. The van der Waals surface area contributed by atoms with Crippen LogP contribution in [0.1, 0.15) is 32.3 Å². The zero-order valence-corrected chi connectivity index (χ0v) is 10.6. The first-order valence-electron chi connectivity index (χ1n) is 5.60. The molecule has 1 unspecified atom stereocenters. The topological polar surface area (TPSA) is 29.1 Å². The zero-order valence-electron chi connectivity index (χ0n) is 9.79. The lowest BCUT2D eigenvalue weighted by molar-refractivity contribution is -0.117. The van der Waals surface area contributed by atoms with Gasteiger partial charge < -0.3 is 5.32 Å². The Balaban J connectivity index is 2.49. The van der Waals surface area contributed by atoms with Crippen LogP contribution in [0.15, 0.2) is 24.3 Å². The Hall–Kier alpha value is -1.02. The van der Waals surface area contributed by atoms with Crippen molar-refractivity contribution < 1.29 is 4.79 Å². The number of amides is 1. The third-order valence-electron chi connectivity index (χ3n) is 2.62. The van der Waals surface area contributed by atoms with Crippen LogP contribution in [0.4, 0.5) is 5.69 Å². The summed E-state index contributed by atoms with van der Waals surface area (Å²) in [5, 5.41) is 2.88. The number of carbonyl (C=O) groups excluding carboxylic acids is 1. The predicted octanol–water partition coefficient (Wildman–Crippen LogP) is 3.80. The zero-order chi connectivity index (χ0) is 12.0. The van der Waals surface area contributed by atoms with Gasteiger partial charge in [-0.15, -0.1) is 11.6 Å². The Morgan fingerprint density at radius 3 is 2.50 bits per heavy atom. The first-order valence-corrected chi connectivity index (χ1v) is 6.14. The molecule has 88 valence electrons. The van der Waals surface area contributed by atoms with Crippen LogP contribution in [-0.4, -0.2) is 5.91 Å². The summed E-state index contributed by atoms with van der Waals surface area (Å²) < 4.78 is 0. The highest BCUT2D eigenvalue weighted by Crippen LogP contribution is 2.13. The van der Waals surface area contributed by atoms with Crippen LogP contribution in [0.25, 0.3) is 0 Å². The van der Waals surface area contributed by atoms with E-state index in [0.717, 1.165) is 17.7 Å². The van der Waals surface area contributed by atoms with Gasteiger partial charge in [0.05, 0.1) is 0 Å². The maximum Gasteiger partial charge on any atom is 0.224 e. The monoisotopic (exact) mass is 239 g/mol. The molecule has 0 heterocycles. The SMILES string of the molecule is CCC(C)CC(=O)Nc1ccc(CCl)cc1. The highest BCUT2D eigenvalue weighted by Gasteiger charge is 2.07. The molecule has 0 aliphatic heterocycles. The normalized spacial score (nSPS) is 12.2. The number of hydrogen-bond acceptors (Lipinski definition) is 1. The highest BCUT2D eigenvalue weighted by atomic mass is 35.5. The summed E-state index contributed by atoms with van der Waals surface area (Å²) in [6.45, 7) is 4.17. The van der Waals surface area contributed by atoms with E-state index < -0.39 is 0 Å². The summed E-state index contributed by atoms with van der Waals surface area (Å²) in [7, 11) is 0. The average Bonchev–Trinajstić information content (AvgIpc) is 2.29. The van der Waals surface area contributed by atoms with Gasteiger partial charge in [-0.3, -0.25) is 4.79 Å². The van der Waals surface area contributed by atoms with Crippen LogP contribution in [0.2, 0.25) is 0 Å². The minimum atomic E-state index is 0.0768. The number of alkyl halides is 1. The molecule has 1 N–H and O–H groups in total. The first kappa shape index (κ1) is 13.0. The average molecular weight is 240 g/mol. The Labute approximate surface area is 102 Å². The van der Waals surface area contributed by atoms with E-state index in [1.54, 1.807) is 0 Å². The minimum Gasteiger partial charge on any atom is -0.326 e. The van der Waals surface area contributed by atoms with Crippen LogP contribution >= 0.6 is 11.6 Å². The summed E-state index contributed by atoms with van der Waals surface area (Å²) in [6, 6.07) is 7.61. The number of hydrogen-bond donors (Lipinski definition) is 1. The molecule has 0 fully saturated rings. The summed E-state index contributed by atoms with van der Waals surface area (Å²) >= 11 is 5.69. The molecule has 1 aromatic rings. The number of rotatable bonds is 5. The summed E-state index contributed by atoms with van der Waals surface area (Å²) in [4.78, 5) is 11.6. The maximum absolute atomic E-state index is 11.6. The maximum atomic E-state index is 11.6. The summed E-state index contributed by atoms with van der Waals surface area (Å²) in [5.41, 5.74) is 1.89. The van der Waals surface area contributed by atoms with Crippen LogP contribution in [-0.2, 0) is 10.7 Å². The molecule has 3 heteroatoms. The van der Waals surface area contributed by atoms with Crippen molar-refractivity contribution in [2.24, 2.45) is 5.92 Å². The molecule has 1 atom stereocenters. The van der Waals surface area contributed by atoms with Crippen LogP contribution in [0, 0.1) is 5.92 Å². The molecule has 0 aliphatic carbocycles. The smallest absolute Gasteiger partial charge is 0.224 e. The van der Waals surface area contributed by atoms with Gasteiger partial charge in [0.2, 0.25) is 5.91 Å². The van der Waals surface area contributed by atoms with Crippen molar-refractivity contribution in [3.05, 3.63) is 29.8 Å². The molecule has 16 heavy (non-hydrogen) atoms. The van der Waals surface area contributed by atoms with Gasteiger partial charge in [-0.05, 0) is 23.6 Å². The number of benzene rings is 1. The number of anilines is 1. The fourth-order valence-electron chi connectivity index (χ4n) is 1.35. The number of halogens is 1. The lowest BCUT2D eigenvalue weighted by Crippen LogP contribution is -2.14. The van der Waals surface area contributed by atoms with Crippen molar-refractivity contribution in [3.63, 3.8) is 0 Å². The molecule has 0 radical (unpaired) electrons. The second kappa shape index (κ2) is 6.54. The fourth-order valence-corrected chi connectivity index (χ4v) is 1.53. The Bertz CT molecular complexity index is 334. The predicted molar refractivity (Wildman–Crippen MR) is 68.7 cm³/mol. The fraction of sp³-hybridized carbons (Fsp3) is 0.462. The van der Waals surface area contributed by atoms with Gasteiger partial charge >= 0.3 is 0 Å². The number of carbonyl (C=O) groups is 1. The Kier molecular flexibility index (Phi) is 5.33. The van der Waals surface area contributed by atoms with Crippen molar-refractivity contribution in [1.82, 2.24) is 0 Å². The van der Waals surface area contributed by atoms with Gasteiger partial charge in [0.1, 0.15) is 0 Å². The highest BCUT2D eigenvalue weighted by molar-refractivity contribution is 6.17. The van der Waals surface area contributed by atoms with E-state index in [9.17, 15) is 4.79 Å². The largest absolute Gasteiger partial charge is 0.326 e. The van der Waals surface area contributed by atoms with Crippen molar-refractivity contribution >= 4 is 23.2 Å². The van der Waals surface area contributed by atoms with Crippen molar-refractivity contribution in [2.45, 2.75) is 32.6 Å². The molecule has 1 rings (SSSR count). The Morgan fingerprint density at radius 1 is 1.38 bits per heavy atom. The van der Waals surface area contributed by atoms with E-state index >= 15 is 0 Å². The molecule has 2 nitrogen and oxygen atoms in total. The van der Waals surface area contributed by atoms with Crippen molar-refractivity contribution in [3.8, 4) is 0 Å². The number of nitrogens with one attached hydrogen (secondary N) is 1. The molecular weight excluding hydrogens is 222 g/mol. The van der Waals surface area contributed by atoms with Crippen LogP contribution in [0.3, 0.4) is 0 Å². The van der Waals surface area contributed by atoms with Gasteiger partial charge in [-0.1, -0.05) is 32.4 Å². The molecule has 1 amide bonds. The van der Waals surface area contributed by atoms with E-state index in [4.69, 9.17) is 11.6 Å². The van der Waals surface area contributed by atoms with Crippen molar-refractivity contribution in [2.75, 3.05) is 5.32 Å². The summed E-state index contributed by atoms with van der Waals surface area (Å²) in [6.07, 6.45) is 1.60. The van der Waals surface area contributed by atoms with Crippen LogP contribution in [0.5, 0.6) is 0 Å². The third kappa shape index (κ3) is 4.23. The Morgan fingerprint density at radius 2 is 2.00 bits per heavy atom. The molecule has 0 saturated carbocycles. The standard InChI is InChI=1S/C13H18ClNO/c1-3-10(2)8-13(16)15-12-6-4-11(9-14)5-7-12/h4-7,10H,3,8-9H2,1-2H3,(H,15,16). The van der Waals surface area contributed by atoms with E-state index in [1.807, 2.05) is 24.3 Å². The lowest BCUT2D eigenvalue weighted by Gasteiger charge is -2.09. The first-order chi connectivity index (χ1) is 7.65. The van der Waals surface area contributed by atoms with Gasteiger partial charge in [0.15, 0.2) is 0 Å². The molecule has 0 bridgehead atoms. The molecule has 1 aromatic carbocycles. The molecule has 0 aliphatic rings. The molecule has 0 aromatic heterocycles. The van der Waals surface area contributed by atoms with E-state index in [0.29, 0.717) is 18.2 Å².